The van der Waals surface area contributed by atoms with E-state index in [4.69, 9.17) is 0 Å². The fourth-order valence-electron chi connectivity index (χ4n) is 1.90. The Labute approximate surface area is 66.7 Å². The van der Waals surface area contributed by atoms with Crippen LogP contribution < -0.4 is 0 Å². The molecule has 0 bridgehead atoms. The average molecular weight is 160 g/mol. The molecule has 11 heavy (non-hydrogen) atoms. The maximum atomic E-state index is 9.56. The summed E-state index contributed by atoms with van der Waals surface area (Å²) >= 11 is 0. The van der Waals surface area contributed by atoms with E-state index in [-0.39, 0.29) is 5.41 Å². The molecule has 66 valence electrons. The summed E-state index contributed by atoms with van der Waals surface area (Å²) in [5.41, 5.74) is -1.52. The van der Waals surface area contributed by atoms with Gasteiger partial charge in [0.2, 0.25) is 0 Å². The minimum atomic E-state index is -1.14. The van der Waals surface area contributed by atoms with Crippen molar-refractivity contribution in [2.24, 2.45) is 5.41 Å². The van der Waals surface area contributed by atoms with Gasteiger partial charge in [0.15, 0.2) is 0 Å². The first-order valence-electron chi connectivity index (χ1n) is 3.86. The quantitative estimate of drug-likeness (QED) is 0.463. The third-order valence-electron chi connectivity index (χ3n) is 2.55. The van der Waals surface area contributed by atoms with E-state index in [1.54, 1.807) is 6.92 Å². The molecule has 3 atom stereocenters. The van der Waals surface area contributed by atoms with Gasteiger partial charge in [-0.15, -0.1) is 0 Å². The lowest BCUT2D eigenvalue weighted by molar-refractivity contribution is -0.0800. The Morgan fingerprint density at radius 2 is 1.55 bits per heavy atom. The molecule has 0 aromatic heterocycles. The van der Waals surface area contributed by atoms with E-state index in [1.165, 1.54) is 0 Å². The van der Waals surface area contributed by atoms with Gasteiger partial charge in [-0.1, -0.05) is 13.8 Å². The van der Waals surface area contributed by atoms with Gasteiger partial charge >= 0.3 is 0 Å². The second-order valence-corrected chi connectivity index (χ2v) is 4.41. The first-order chi connectivity index (χ1) is 4.77. The summed E-state index contributed by atoms with van der Waals surface area (Å²) in [6.45, 7) is 5.22. The molecule has 0 amide bonds. The molecule has 0 aromatic carbocycles. The van der Waals surface area contributed by atoms with E-state index in [9.17, 15) is 15.3 Å². The highest BCUT2D eigenvalue weighted by Crippen LogP contribution is 2.43. The van der Waals surface area contributed by atoms with Gasteiger partial charge in [0, 0.05) is 0 Å². The van der Waals surface area contributed by atoms with Crippen LogP contribution in [-0.2, 0) is 0 Å². The van der Waals surface area contributed by atoms with Crippen molar-refractivity contribution in [2.75, 3.05) is 0 Å². The summed E-state index contributed by atoms with van der Waals surface area (Å²) in [7, 11) is 0. The lowest BCUT2D eigenvalue weighted by Crippen LogP contribution is -2.39. The van der Waals surface area contributed by atoms with Gasteiger partial charge in [-0.05, 0) is 18.8 Å². The molecule has 3 nitrogen and oxygen atoms in total. The molecule has 1 aliphatic rings. The largest absolute Gasteiger partial charge is 0.390 e. The van der Waals surface area contributed by atoms with Crippen LogP contribution in [0.4, 0.5) is 0 Å². The molecule has 1 rings (SSSR count). The van der Waals surface area contributed by atoms with Crippen molar-refractivity contribution in [3.8, 4) is 0 Å². The van der Waals surface area contributed by atoms with Crippen molar-refractivity contribution in [3.63, 3.8) is 0 Å². The smallest absolute Gasteiger partial charge is 0.109 e. The SMILES string of the molecule is CC1(C)CC(C)(O)C(O)C1O. The maximum absolute atomic E-state index is 9.56. The summed E-state index contributed by atoms with van der Waals surface area (Å²) in [4.78, 5) is 0. The van der Waals surface area contributed by atoms with Crippen LogP contribution in [0.2, 0.25) is 0 Å². The van der Waals surface area contributed by atoms with Crippen LogP contribution in [0, 0.1) is 5.41 Å². The highest BCUT2D eigenvalue weighted by molar-refractivity contribution is 5.04. The molecule has 3 heteroatoms. The zero-order valence-electron chi connectivity index (χ0n) is 7.20. The molecule has 3 unspecified atom stereocenters. The Bertz CT molecular complexity index is 145. The van der Waals surface area contributed by atoms with Crippen molar-refractivity contribution in [3.05, 3.63) is 0 Å². The zero-order chi connectivity index (χ0) is 8.86. The van der Waals surface area contributed by atoms with Gasteiger partial charge < -0.3 is 15.3 Å². The minimum Gasteiger partial charge on any atom is -0.390 e. The van der Waals surface area contributed by atoms with Crippen molar-refractivity contribution >= 4 is 0 Å². The third-order valence-corrected chi connectivity index (χ3v) is 2.55. The normalized spacial score (nSPS) is 49.6. The zero-order valence-corrected chi connectivity index (χ0v) is 7.20. The number of hydrogen-bond donors (Lipinski definition) is 3. The van der Waals surface area contributed by atoms with Crippen LogP contribution in [0.3, 0.4) is 0 Å². The van der Waals surface area contributed by atoms with Gasteiger partial charge in [-0.2, -0.15) is 0 Å². The molecule has 1 saturated carbocycles. The van der Waals surface area contributed by atoms with Crippen LogP contribution in [-0.4, -0.2) is 33.1 Å². The Morgan fingerprint density at radius 1 is 1.09 bits per heavy atom. The highest BCUT2D eigenvalue weighted by atomic mass is 16.4. The number of rotatable bonds is 0. The summed E-state index contributed by atoms with van der Waals surface area (Å²) in [5, 5.41) is 28.4. The van der Waals surface area contributed by atoms with E-state index in [0.717, 1.165) is 0 Å². The fourth-order valence-corrected chi connectivity index (χ4v) is 1.90. The number of aliphatic hydroxyl groups excluding tert-OH is 2. The van der Waals surface area contributed by atoms with Gasteiger partial charge in [0.1, 0.15) is 6.10 Å². The van der Waals surface area contributed by atoms with Crippen molar-refractivity contribution < 1.29 is 15.3 Å². The number of hydrogen-bond acceptors (Lipinski definition) is 3. The van der Waals surface area contributed by atoms with Gasteiger partial charge in [-0.3, -0.25) is 0 Å². The first-order valence-corrected chi connectivity index (χ1v) is 3.86. The highest BCUT2D eigenvalue weighted by Gasteiger charge is 2.52. The summed E-state index contributed by atoms with van der Waals surface area (Å²) in [6, 6.07) is 0. The Hall–Kier alpha value is -0.120. The molecule has 0 aliphatic heterocycles. The molecule has 0 spiro atoms. The molecular formula is C8H16O3. The molecule has 3 N–H and O–H groups in total. The van der Waals surface area contributed by atoms with Crippen LogP contribution in [0.25, 0.3) is 0 Å². The molecule has 0 heterocycles. The van der Waals surface area contributed by atoms with E-state index < -0.39 is 17.8 Å². The molecule has 0 saturated heterocycles. The van der Waals surface area contributed by atoms with Crippen molar-refractivity contribution in [2.45, 2.75) is 45.0 Å². The van der Waals surface area contributed by atoms with Gasteiger partial charge in [0.05, 0.1) is 11.7 Å². The van der Waals surface area contributed by atoms with E-state index in [2.05, 4.69) is 0 Å². The van der Waals surface area contributed by atoms with Crippen molar-refractivity contribution in [1.82, 2.24) is 0 Å². The monoisotopic (exact) mass is 160 g/mol. The summed E-state index contributed by atoms with van der Waals surface area (Å²) in [6.07, 6.45) is -1.41. The maximum Gasteiger partial charge on any atom is 0.109 e. The van der Waals surface area contributed by atoms with Crippen LogP contribution in [0.5, 0.6) is 0 Å². The topological polar surface area (TPSA) is 60.7 Å². The number of aliphatic hydroxyl groups is 3. The van der Waals surface area contributed by atoms with E-state index >= 15 is 0 Å². The van der Waals surface area contributed by atoms with Crippen LogP contribution in [0.1, 0.15) is 27.2 Å². The summed E-state index contributed by atoms with van der Waals surface area (Å²) < 4.78 is 0. The lowest BCUT2D eigenvalue weighted by Gasteiger charge is -2.22. The molecule has 0 radical (unpaired) electrons. The van der Waals surface area contributed by atoms with Crippen LogP contribution >= 0.6 is 0 Å². The van der Waals surface area contributed by atoms with Gasteiger partial charge in [0.25, 0.3) is 0 Å². The van der Waals surface area contributed by atoms with E-state index in [1.807, 2.05) is 13.8 Å². The second kappa shape index (κ2) is 2.19. The predicted molar refractivity (Wildman–Crippen MR) is 41.0 cm³/mol. The molecular weight excluding hydrogens is 144 g/mol. The lowest BCUT2D eigenvalue weighted by atomic mass is 9.88. The average Bonchev–Trinajstić information content (AvgIpc) is 1.91. The standard InChI is InChI=1S/C8H16O3/c1-7(2)4-8(3,11)6(10)5(7)9/h5-6,9-11H,4H2,1-3H3. The van der Waals surface area contributed by atoms with Crippen molar-refractivity contribution in [1.29, 1.82) is 0 Å². The third kappa shape index (κ3) is 1.28. The minimum absolute atomic E-state index is 0.386. The fraction of sp³-hybridized carbons (Fsp3) is 1.00. The van der Waals surface area contributed by atoms with E-state index in [0.29, 0.717) is 6.42 Å². The Kier molecular flexibility index (Phi) is 1.78. The Morgan fingerprint density at radius 3 is 1.64 bits per heavy atom. The molecule has 1 aliphatic carbocycles. The second-order valence-electron chi connectivity index (χ2n) is 4.41. The Balaban J connectivity index is 2.86. The van der Waals surface area contributed by atoms with Crippen LogP contribution in [0.15, 0.2) is 0 Å². The molecule has 1 fully saturated rings. The first kappa shape index (κ1) is 8.97. The predicted octanol–water partition coefficient (Wildman–Crippen LogP) is -0.111. The summed E-state index contributed by atoms with van der Waals surface area (Å²) in [5.74, 6) is 0. The molecule has 0 aromatic rings. The van der Waals surface area contributed by atoms with Gasteiger partial charge in [-0.25, -0.2) is 0 Å².